The molecule has 94 valence electrons. The van der Waals surface area contributed by atoms with Crippen LogP contribution in [0.1, 0.15) is 31.7 Å². The zero-order valence-electron chi connectivity index (χ0n) is 10.5. The van der Waals surface area contributed by atoms with E-state index >= 15 is 0 Å². The van der Waals surface area contributed by atoms with E-state index in [1.54, 1.807) is 0 Å². The maximum Gasteiger partial charge on any atom is 0.0642 e. The fourth-order valence-electron chi connectivity index (χ4n) is 2.28. The molecule has 1 heterocycles. The van der Waals surface area contributed by atoms with Crippen molar-refractivity contribution in [1.29, 1.82) is 0 Å². The van der Waals surface area contributed by atoms with Crippen molar-refractivity contribution < 1.29 is 0 Å². The smallest absolute Gasteiger partial charge is 0.0642 e. The average Bonchev–Trinajstić information content (AvgIpc) is 2.83. The summed E-state index contributed by atoms with van der Waals surface area (Å²) in [4.78, 5) is 2.38. The first-order chi connectivity index (χ1) is 8.31. The number of anilines is 1. The second-order valence-corrected chi connectivity index (χ2v) is 5.06. The van der Waals surface area contributed by atoms with Crippen LogP contribution in [0.3, 0.4) is 0 Å². The second-order valence-electron chi connectivity index (χ2n) is 4.66. The van der Waals surface area contributed by atoms with Crippen LogP contribution in [0.2, 0.25) is 5.02 Å². The monoisotopic (exact) mass is 252 g/mol. The molecule has 1 aliphatic rings. The lowest BCUT2D eigenvalue weighted by Crippen LogP contribution is -2.18. The SMILES string of the molecule is CCCNCc1ccc(N2CCCC2)c(Cl)c1. The van der Waals surface area contributed by atoms with E-state index in [2.05, 4.69) is 35.3 Å². The molecule has 0 amide bonds. The van der Waals surface area contributed by atoms with Gasteiger partial charge in [-0.2, -0.15) is 0 Å². The van der Waals surface area contributed by atoms with Gasteiger partial charge in [-0.1, -0.05) is 24.6 Å². The molecule has 3 heteroatoms. The first-order valence-electron chi connectivity index (χ1n) is 6.55. The highest BCUT2D eigenvalue weighted by Crippen LogP contribution is 2.29. The molecule has 0 saturated carbocycles. The minimum atomic E-state index is 0.891. The van der Waals surface area contributed by atoms with Crippen molar-refractivity contribution in [2.24, 2.45) is 0 Å². The van der Waals surface area contributed by atoms with Gasteiger partial charge in [0.05, 0.1) is 10.7 Å². The van der Waals surface area contributed by atoms with Crippen molar-refractivity contribution in [1.82, 2.24) is 5.32 Å². The summed E-state index contributed by atoms with van der Waals surface area (Å²) in [6.07, 6.45) is 3.74. The minimum absolute atomic E-state index is 0.891. The highest BCUT2D eigenvalue weighted by molar-refractivity contribution is 6.33. The Morgan fingerprint density at radius 2 is 2.06 bits per heavy atom. The van der Waals surface area contributed by atoms with Crippen molar-refractivity contribution in [3.63, 3.8) is 0 Å². The number of rotatable bonds is 5. The zero-order valence-corrected chi connectivity index (χ0v) is 11.3. The second kappa shape index (κ2) is 6.27. The predicted molar refractivity (Wildman–Crippen MR) is 74.9 cm³/mol. The van der Waals surface area contributed by atoms with E-state index in [0.29, 0.717) is 0 Å². The van der Waals surface area contributed by atoms with Crippen LogP contribution in [-0.4, -0.2) is 19.6 Å². The van der Waals surface area contributed by atoms with Crippen molar-refractivity contribution in [3.05, 3.63) is 28.8 Å². The third-order valence-electron chi connectivity index (χ3n) is 3.21. The molecule has 1 fully saturated rings. The molecule has 1 aromatic carbocycles. The molecule has 1 aromatic rings. The number of hydrogen-bond acceptors (Lipinski definition) is 2. The normalized spacial score (nSPS) is 15.5. The molecule has 0 spiro atoms. The Labute approximate surface area is 109 Å². The largest absolute Gasteiger partial charge is 0.370 e. The summed E-state index contributed by atoms with van der Waals surface area (Å²) >= 11 is 6.35. The molecule has 0 unspecified atom stereocenters. The van der Waals surface area contributed by atoms with Crippen molar-refractivity contribution in [3.8, 4) is 0 Å². The first kappa shape index (κ1) is 12.7. The van der Waals surface area contributed by atoms with Gasteiger partial charge < -0.3 is 10.2 Å². The summed E-state index contributed by atoms with van der Waals surface area (Å²) in [5, 5.41) is 4.29. The van der Waals surface area contributed by atoms with E-state index in [0.717, 1.165) is 31.2 Å². The van der Waals surface area contributed by atoms with Gasteiger partial charge in [0.2, 0.25) is 0 Å². The van der Waals surface area contributed by atoms with Crippen molar-refractivity contribution in [2.45, 2.75) is 32.7 Å². The van der Waals surface area contributed by atoms with E-state index in [1.165, 1.54) is 30.5 Å². The van der Waals surface area contributed by atoms with Gasteiger partial charge in [-0.3, -0.25) is 0 Å². The Balaban J connectivity index is 2.00. The maximum atomic E-state index is 6.35. The van der Waals surface area contributed by atoms with Crippen LogP contribution in [0, 0.1) is 0 Å². The van der Waals surface area contributed by atoms with Crippen LogP contribution in [-0.2, 0) is 6.54 Å². The maximum absolute atomic E-state index is 6.35. The standard InChI is InChI=1S/C14H21ClN2/c1-2-7-16-11-12-5-6-14(13(15)10-12)17-8-3-4-9-17/h5-6,10,16H,2-4,7-9,11H2,1H3. The molecule has 17 heavy (non-hydrogen) atoms. The van der Waals surface area contributed by atoms with E-state index in [-0.39, 0.29) is 0 Å². The van der Waals surface area contributed by atoms with Crippen LogP contribution < -0.4 is 10.2 Å². The summed E-state index contributed by atoms with van der Waals surface area (Å²) in [5.41, 5.74) is 2.47. The van der Waals surface area contributed by atoms with E-state index in [4.69, 9.17) is 11.6 Å². The minimum Gasteiger partial charge on any atom is -0.370 e. The Hall–Kier alpha value is -0.730. The van der Waals surface area contributed by atoms with Gasteiger partial charge in [-0.05, 0) is 43.5 Å². The fourth-order valence-corrected chi connectivity index (χ4v) is 2.61. The summed E-state index contributed by atoms with van der Waals surface area (Å²) in [6, 6.07) is 6.44. The molecular formula is C14H21ClN2. The Kier molecular flexibility index (Phi) is 4.69. The van der Waals surface area contributed by atoms with E-state index in [9.17, 15) is 0 Å². The molecule has 2 rings (SSSR count). The van der Waals surface area contributed by atoms with Crippen molar-refractivity contribution in [2.75, 3.05) is 24.5 Å². The Morgan fingerprint density at radius 1 is 1.29 bits per heavy atom. The number of nitrogens with zero attached hydrogens (tertiary/aromatic N) is 1. The van der Waals surface area contributed by atoms with Crippen LogP contribution >= 0.6 is 11.6 Å². The lowest BCUT2D eigenvalue weighted by molar-refractivity contribution is 0.675. The zero-order chi connectivity index (χ0) is 12.1. The first-order valence-corrected chi connectivity index (χ1v) is 6.93. The summed E-state index contributed by atoms with van der Waals surface area (Å²) in [5.74, 6) is 0. The predicted octanol–water partition coefficient (Wildman–Crippen LogP) is 3.44. The van der Waals surface area contributed by atoms with Crippen LogP contribution in [0.4, 0.5) is 5.69 Å². The molecule has 1 N–H and O–H groups in total. The van der Waals surface area contributed by atoms with Crippen LogP contribution in [0.15, 0.2) is 18.2 Å². The molecule has 0 aliphatic carbocycles. The van der Waals surface area contributed by atoms with Crippen LogP contribution in [0.25, 0.3) is 0 Å². The van der Waals surface area contributed by atoms with Gasteiger partial charge in [0, 0.05) is 19.6 Å². The number of hydrogen-bond donors (Lipinski definition) is 1. The van der Waals surface area contributed by atoms with Gasteiger partial charge in [0.25, 0.3) is 0 Å². The highest BCUT2D eigenvalue weighted by Gasteiger charge is 2.14. The average molecular weight is 253 g/mol. The van der Waals surface area contributed by atoms with Gasteiger partial charge in [0.15, 0.2) is 0 Å². The highest BCUT2D eigenvalue weighted by atomic mass is 35.5. The van der Waals surface area contributed by atoms with Gasteiger partial charge in [0.1, 0.15) is 0 Å². The lowest BCUT2D eigenvalue weighted by atomic mass is 10.2. The summed E-state index contributed by atoms with van der Waals surface area (Å²) in [7, 11) is 0. The van der Waals surface area contributed by atoms with Crippen LogP contribution in [0.5, 0.6) is 0 Å². The van der Waals surface area contributed by atoms with E-state index < -0.39 is 0 Å². The van der Waals surface area contributed by atoms with Gasteiger partial charge in [-0.25, -0.2) is 0 Å². The lowest BCUT2D eigenvalue weighted by Gasteiger charge is -2.19. The number of halogens is 1. The van der Waals surface area contributed by atoms with Gasteiger partial charge >= 0.3 is 0 Å². The molecule has 0 radical (unpaired) electrons. The molecule has 0 aromatic heterocycles. The quantitative estimate of drug-likeness (QED) is 0.808. The molecule has 1 aliphatic heterocycles. The molecular weight excluding hydrogens is 232 g/mol. The number of benzene rings is 1. The topological polar surface area (TPSA) is 15.3 Å². The molecule has 0 atom stereocenters. The third kappa shape index (κ3) is 3.36. The van der Waals surface area contributed by atoms with Gasteiger partial charge in [-0.15, -0.1) is 0 Å². The molecule has 2 nitrogen and oxygen atoms in total. The van der Waals surface area contributed by atoms with E-state index in [1.807, 2.05) is 0 Å². The third-order valence-corrected chi connectivity index (χ3v) is 3.52. The van der Waals surface area contributed by atoms with Crippen molar-refractivity contribution >= 4 is 17.3 Å². The number of nitrogens with one attached hydrogen (secondary N) is 1. The molecule has 1 saturated heterocycles. The Morgan fingerprint density at radius 3 is 2.71 bits per heavy atom. The Bertz CT molecular complexity index is 359. The summed E-state index contributed by atoms with van der Waals surface area (Å²) < 4.78 is 0. The fraction of sp³-hybridized carbons (Fsp3) is 0.571. The molecule has 0 bridgehead atoms. The summed E-state index contributed by atoms with van der Waals surface area (Å²) in [6.45, 7) is 6.44.